The highest BCUT2D eigenvalue weighted by Crippen LogP contribution is 2.39. The molecular formula is C27H36ClN3O3. The summed E-state index contributed by atoms with van der Waals surface area (Å²) in [6.45, 7) is 10.9. The van der Waals surface area contributed by atoms with Crippen LogP contribution in [0.2, 0.25) is 5.02 Å². The third-order valence-corrected chi connectivity index (χ3v) is 6.92. The molecule has 2 aromatic carbocycles. The van der Waals surface area contributed by atoms with Crippen LogP contribution in [0.15, 0.2) is 36.4 Å². The number of phenolic OH excluding ortho intramolecular Hbond substituents is 1. The molecule has 0 amide bonds. The molecule has 0 aliphatic carbocycles. The third-order valence-electron chi connectivity index (χ3n) is 6.69. The van der Waals surface area contributed by atoms with Crippen molar-refractivity contribution in [1.82, 2.24) is 15.0 Å². The number of fused-ring (bicyclic) bond motifs is 1. The van der Waals surface area contributed by atoms with Gasteiger partial charge in [-0.05, 0) is 47.6 Å². The summed E-state index contributed by atoms with van der Waals surface area (Å²) >= 11 is 6.08. The Kier molecular flexibility index (Phi) is 8.37. The second-order valence-corrected chi connectivity index (χ2v) is 10.5. The molecule has 1 N–H and O–H groups in total. The molecule has 1 aromatic heterocycles. The molecule has 3 aromatic rings. The average molecular weight is 486 g/mol. The first-order valence-corrected chi connectivity index (χ1v) is 12.5. The van der Waals surface area contributed by atoms with Crippen molar-refractivity contribution in [2.45, 2.75) is 72.3 Å². The van der Waals surface area contributed by atoms with E-state index in [-0.39, 0.29) is 12.2 Å². The first kappa shape index (κ1) is 26.2. The van der Waals surface area contributed by atoms with E-state index in [1.807, 2.05) is 32.9 Å². The standard InChI is InChI=1S/C27H36ClN3O3/c1-6-8-10-19(7-2)17-34-27(18-32,26(3,4)5)16-20-11-9-12-24(25(20)33)31-29-22-14-13-21(28)15-23(22)30-31/h9,11-15,18-19,33H,6-8,10,16-17H2,1-5H3. The molecule has 6 nitrogen and oxygen atoms in total. The Morgan fingerprint density at radius 1 is 1.15 bits per heavy atom. The van der Waals surface area contributed by atoms with Crippen LogP contribution in [0, 0.1) is 11.3 Å². The molecule has 0 fully saturated rings. The van der Waals surface area contributed by atoms with Crippen LogP contribution >= 0.6 is 11.6 Å². The van der Waals surface area contributed by atoms with Gasteiger partial charge in [0.05, 0.1) is 6.61 Å². The predicted molar refractivity (Wildman–Crippen MR) is 137 cm³/mol. The van der Waals surface area contributed by atoms with Gasteiger partial charge in [0, 0.05) is 11.4 Å². The van der Waals surface area contributed by atoms with E-state index >= 15 is 0 Å². The van der Waals surface area contributed by atoms with Gasteiger partial charge >= 0.3 is 0 Å². The number of benzene rings is 2. The number of unbranched alkanes of at least 4 members (excludes halogenated alkanes) is 1. The number of hydrogen-bond acceptors (Lipinski definition) is 5. The highest BCUT2D eigenvalue weighted by atomic mass is 35.5. The van der Waals surface area contributed by atoms with Crippen LogP contribution in [0.4, 0.5) is 0 Å². The van der Waals surface area contributed by atoms with Crippen molar-refractivity contribution in [1.29, 1.82) is 0 Å². The van der Waals surface area contributed by atoms with Crippen molar-refractivity contribution >= 4 is 28.9 Å². The van der Waals surface area contributed by atoms with Crippen LogP contribution in [0.1, 0.15) is 65.9 Å². The normalized spacial score (nSPS) is 14.8. The molecule has 184 valence electrons. The highest BCUT2D eigenvalue weighted by molar-refractivity contribution is 6.31. The molecule has 3 rings (SSSR count). The Morgan fingerprint density at radius 3 is 2.53 bits per heavy atom. The fourth-order valence-corrected chi connectivity index (χ4v) is 4.28. The number of carbonyl (C=O) groups is 1. The van der Waals surface area contributed by atoms with Crippen molar-refractivity contribution in [2.75, 3.05) is 6.61 Å². The van der Waals surface area contributed by atoms with Crippen molar-refractivity contribution in [2.24, 2.45) is 11.3 Å². The smallest absolute Gasteiger partial charge is 0.152 e. The maximum absolute atomic E-state index is 12.6. The number of nitrogens with zero attached hydrogens (tertiary/aromatic N) is 3. The van der Waals surface area contributed by atoms with Gasteiger partial charge in [-0.25, -0.2) is 0 Å². The van der Waals surface area contributed by atoms with Gasteiger partial charge < -0.3 is 14.6 Å². The van der Waals surface area contributed by atoms with Crippen LogP contribution < -0.4 is 0 Å². The number of para-hydroxylation sites is 1. The summed E-state index contributed by atoms with van der Waals surface area (Å²) in [6, 6.07) is 10.7. The summed E-state index contributed by atoms with van der Waals surface area (Å²) in [5.74, 6) is 0.431. The number of hydrogen-bond donors (Lipinski definition) is 1. The Morgan fingerprint density at radius 2 is 1.88 bits per heavy atom. The van der Waals surface area contributed by atoms with Gasteiger partial charge in [0.2, 0.25) is 0 Å². The molecule has 0 bridgehead atoms. The van der Waals surface area contributed by atoms with Crippen LogP contribution in [0.5, 0.6) is 5.75 Å². The van der Waals surface area contributed by atoms with Crippen LogP contribution in [-0.2, 0) is 16.0 Å². The van der Waals surface area contributed by atoms with Crippen LogP contribution in [0.25, 0.3) is 16.7 Å². The van der Waals surface area contributed by atoms with Crippen LogP contribution in [-0.4, -0.2) is 38.6 Å². The number of carbonyl (C=O) groups excluding carboxylic acids is 1. The van der Waals surface area contributed by atoms with E-state index in [1.165, 1.54) is 4.80 Å². The Labute approximate surface area is 207 Å². The molecule has 2 atom stereocenters. The van der Waals surface area contributed by atoms with Crippen molar-refractivity contribution in [3.63, 3.8) is 0 Å². The zero-order valence-electron chi connectivity index (χ0n) is 20.8. The fraction of sp³-hybridized carbons (Fsp3) is 0.519. The number of aldehydes is 1. The molecular weight excluding hydrogens is 450 g/mol. The maximum atomic E-state index is 12.6. The quantitative estimate of drug-likeness (QED) is 0.312. The first-order chi connectivity index (χ1) is 16.1. The minimum absolute atomic E-state index is 0.0333. The van der Waals surface area contributed by atoms with Gasteiger partial charge in [0.1, 0.15) is 28.1 Å². The predicted octanol–water partition coefficient (Wildman–Crippen LogP) is 6.54. The van der Waals surface area contributed by atoms with Gasteiger partial charge in [-0.3, -0.25) is 0 Å². The van der Waals surface area contributed by atoms with Crippen molar-refractivity contribution < 1.29 is 14.6 Å². The lowest BCUT2D eigenvalue weighted by molar-refractivity contribution is -0.153. The molecule has 1 heterocycles. The molecule has 0 spiro atoms. The molecule has 0 radical (unpaired) electrons. The number of aromatic nitrogens is 3. The molecule has 0 saturated heterocycles. The monoisotopic (exact) mass is 485 g/mol. The molecule has 34 heavy (non-hydrogen) atoms. The largest absolute Gasteiger partial charge is 0.505 e. The first-order valence-electron chi connectivity index (χ1n) is 12.1. The topological polar surface area (TPSA) is 77.2 Å². The van der Waals surface area contributed by atoms with Gasteiger partial charge in [0.15, 0.2) is 6.29 Å². The number of aromatic hydroxyl groups is 1. The molecule has 7 heteroatoms. The molecule has 0 aliphatic rings. The summed E-state index contributed by atoms with van der Waals surface area (Å²) < 4.78 is 6.43. The SMILES string of the molecule is CCCCC(CC)COC(C=O)(Cc1cccc(-n2nc3ccc(Cl)cc3n2)c1O)C(C)(C)C. The minimum Gasteiger partial charge on any atom is -0.505 e. The molecule has 0 saturated carbocycles. The minimum atomic E-state index is -1.08. The summed E-state index contributed by atoms with van der Waals surface area (Å²) in [5.41, 5.74) is 0.796. The summed E-state index contributed by atoms with van der Waals surface area (Å²) in [4.78, 5) is 14.0. The average Bonchev–Trinajstić information content (AvgIpc) is 3.21. The number of phenols is 1. The van der Waals surface area contributed by atoms with E-state index in [9.17, 15) is 9.90 Å². The van der Waals surface area contributed by atoms with E-state index in [1.54, 1.807) is 24.3 Å². The van der Waals surface area contributed by atoms with E-state index < -0.39 is 11.0 Å². The lowest BCUT2D eigenvalue weighted by atomic mass is 9.73. The Balaban J connectivity index is 1.94. The summed E-state index contributed by atoms with van der Waals surface area (Å²) in [5, 5.41) is 20.7. The van der Waals surface area contributed by atoms with E-state index in [0.717, 1.165) is 32.0 Å². The highest BCUT2D eigenvalue weighted by Gasteiger charge is 2.44. The second kappa shape index (κ2) is 10.9. The van der Waals surface area contributed by atoms with E-state index in [2.05, 4.69) is 24.0 Å². The van der Waals surface area contributed by atoms with Gasteiger partial charge in [-0.1, -0.05) is 77.6 Å². The van der Waals surface area contributed by atoms with Crippen molar-refractivity contribution in [3.8, 4) is 11.4 Å². The van der Waals surface area contributed by atoms with Gasteiger partial charge in [-0.2, -0.15) is 0 Å². The lowest BCUT2D eigenvalue weighted by Gasteiger charge is -2.41. The zero-order valence-corrected chi connectivity index (χ0v) is 21.6. The molecule has 2 unspecified atom stereocenters. The lowest BCUT2D eigenvalue weighted by Crippen LogP contribution is -2.50. The van der Waals surface area contributed by atoms with Crippen LogP contribution in [0.3, 0.4) is 0 Å². The second-order valence-electron chi connectivity index (χ2n) is 10.1. The van der Waals surface area contributed by atoms with Gasteiger partial charge in [0.25, 0.3) is 0 Å². The number of rotatable bonds is 11. The van der Waals surface area contributed by atoms with E-state index in [4.69, 9.17) is 16.3 Å². The Hall–Kier alpha value is -2.44. The molecule has 0 aliphatic heterocycles. The summed E-state index contributed by atoms with van der Waals surface area (Å²) in [6.07, 6.45) is 5.52. The van der Waals surface area contributed by atoms with Crippen molar-refractivity contribution in [3.05, 3.63) is 47.0 Å². The van der Waals surface area contributed by atoms with E-state index in [0.29, 0.717) is 39.8 Å². The Bertz CT molecular complexity index is 1120. The zero-order chi connectivity index (χ0) is 24.9. The van der Waals surface area contributed by atoms with Gasteiger partial charge in [-0.15, -0.1) is 15.0 Å². The number of ether oxygens (including phenoxy) is 1. The summed E-state index contributed by atoms with van der Waals surface area (Å²) in [7, 11) is 0. The maximum Gasteiger partial charge on any atom is 0.152 e. The number of halogens is 1. The third kappa shape index (κ3) is 5.61. The fourth-order valence-electron chi connectivity index (χ4n) is 4.11.